The van der Waals surface area contributed by atoms with Crippen LogP contribution in [0.4, 0.5) is 5.69 Å². The molecule has 160 valence electrons. The van der Waals surface area contributed by atoms with Crippen molar-refractivity contribution in [3.63, 3.8) is 0 Å². The molecule has 1 heterocycles. The first-order chi connectivity index (χ1) is 14.8. The van der Waals surface area contributed by atoms with E-state index in [1.807, 2.05) is 6.07 Å². The van der Waals surface area contributed by atoms with Crippen molar-refractivity contribution in [1.29, 1.82) is 5.26 Å². The maximum atomic E-state index is 13.0. The van der Waals surface area contributed by atoms with Crippen LogP contribution in [0.3, 0.4) is 0 Å². The second-order valence-corrected chi connectivity index (χ2v) is 8.97. The minimum Gasteiger partial charge on any atom is -0.467 e. The van der Waals surface area contributed by atoms with Gasteiger partial charge in [0.25, 0.3) is 15.9 Å². The summed E-state index contributed by atoms with van der Waals surface area (Å²) in [4.78, 5) is 14.3. The molecular weight excluding hydrogens is 461 g/mol. The van der Waals surface area contributed by atoms with Crippen molar-refractivity contribution < 1.29 is 17.6 Å². The summed E-state index contributed by atoms with van der Waals surface area (Å²) in [6, 6.07) is 15.6. The predicted molar refractivity (Wildman–Crippen MR) is 117 cm³/mol. The van der Waals surface area contributed by atoms with Crippen LogP contribution in [-0.2, 0) is 16.6 Å². The smallest absolute Gasteiger partial charge is 0.263 e. The first-order valence-corrected chi connectivity index (χ1v) is 11.3. The zero-order valence-corrected chi connectivity index (χ0v) is 18.4. The van der Waals surface area contributed by atoms with Crippen LogP contribution in [0.5, 0.6) is 0 Å². The van der Waals surface area contributed by atoms with E-state index in [1.165, 1.54) is 41.5 Å². The summed E-state index contributed by atoms with van der Waals surface area (Å²) in [7, 11) is -4.03. The SMILES string of the molecule is N#CCCN(Cc1ccco1)C(=O)c1cccc(NS(=O)(=O)c2cc(Cl)ccc2Cl)c1. The number of rotatable bonds is 8. The lowest BCUT2D eigenvalue weighted by Crippen LogP contribution is -2.31. The molecule has 0 fully saturated rings. The number of hydrogen-bond donors (Lipinski definition) is 1. The van der Waals surface area contributed by atoms with Crippen LogP contribution < -0.4 is 4.72 Å². The second-order valence-electron chi connectivity index (χ2n) is 6.48. The van der Waals surface area contributed by atoms with E-state index in [1.54, 1.807) is 24.3 Å². The number of nitrogens with zero attached hydrogens (tertiary/aromatic N) is 2. The molecule has 1 amide bonds. The molecule has 2 aromatic carbocycles. The molecule has 0 unspecified atom stereocenters. The van der Waals surface area contributed by atoms with Gasteiger partial charge in [-0.1, -0.05) is 29.3 Å². The number of carbonyl (C=O) groups excluding carboxylic acids is 1. The van der Waals surface area contributed by atoms with Gasteiger partial charge in [0.2, 0.25) is 0 Å². The van der Waals surface area contributed by atoms with Gasteiger partial charge < -0.3 is 9.32 Å². The number of carbonyl (C=O) groups is 1. The van der Waals surface area contributed by atoms with Crippen molar-refractivity contribution in [1.82, 2.24) is 4.90 Å². The highest BCUT2D eigenvalue weighted by molar-refractivity contribution is 7.92. The van der Waals surface area contributed by atoms with Crippen LogP contribution in [0.15, 0.2) is 70.2 Å². The van der Waals surface area contributed by atoms with Gasteiger partial charge in [0.15, 0.2) is 0 Å². The van der Waals surface area contributed by atoms with E-state index in [-0.39, 0.29) is 51.6 Å². The van der Waals surface area contributed by atoms with Gasteiger partial charge in [-0.25, -0.2) is 8.42 Å². The van der Waals surface area contributed by atoms with Crippen LogP contribution >= 0.6 is 23.2 Å². The minimum absolute atomic E-state index is 0.0188. The number of hydrogen-bond acceptors (Lipinski definition) is 5. The maximum absolute atomic E-state index is 13.0. The number of anilines is 1. The van der Waals surface area contributed by atoms with E-state index in [2.05, 4.69) is 4.72 Å². The molecule has 0 saturated carbocycles. The summed E-state index contributed by atoms with van der Waals surface area (Å²) < 4.78 is 33.2. The Balaban J connectivity index is 1.85. The molecule has 0 radical (unpaired) electrons. The van der Waals surface area contributed by atoms with Crippen molar-refractivity contribution in [2.24, 2.45) is 0 Å². The molecule has 3 rings (SSSR count). The maximum Gasteiger partial charge on any atom is 0.263 e. The summed E-state index contributed by atoms with van der Waals surface area (Å²) in [5.74, 6) is 0.201. The quantitative estimate of drug-likeness (QED) is 0.494. The topological polar surface area (TPSA) is 103 Å². The van der Waals surface area contributed by atoms with Gasteiger partial charge in [0.05, 0.1) is 30.3 Å². The fourth-order valence-electron chi connectivity index (χ4n) is 2.82. The Hall–Kier alpha value is -2.99. The number of furan rings is 1. The van der Waals surface area contributed by atoms with E-state index in [0.717, 1.165) is 0 Å². The molecule has 0 spiro atoms. The molecule has 0 aliphatic heterocycles. The van der Waals surface area contributed by atoms with Gasteiger partial charge in [0.1, 0.15) is 10.7 Å². The number of nitrogens with one attached hydrogen (secondary N) is 1. The largest absolute Gasteiger partial charge is 0.467 e. The molecule has 3 aromatic rings. The molecule has 0 atom stereocenters. The van der Waals surface area contributed by atoms with Crippen LogP contribution in [-0.4, -0.2) is 25.8 Å². The van der Waals surface area contributed by atoms with Gasteiger partial charge in [-0.05, 0) is 48.5 Å². The number of halogens is 2. The summed E-state index contributed by atoms with van der Waals surface area (Å²) in [6.07, 6.45) is 1.64. The molecule has 1 aromatic heterocycles. The highest BCUT2D eigenvalue weighted by Crippen LogP contribution is 2.27. The molecule has 31 heavy (non-hydrogen) atoms. The Kier molecular flexibility index (Phi) is 7.23. The van der Waals surface area contributed by atoms with Crippen LogP contribution in [0.1, 0.15) is 22.5 Å². The van der Waals surface area contributed by atoms with Gasteiger partial charge in [-0.2, -0.15) is 5.26 Å². The third kappa shape index (κ3) is 5.79. The highest BCUT2D eigenvalue weighted by Gasteiger charge is 2.21. The molecule has 0 aliphatic rings. The normalized spacial score (nSPS) is 11.0. The molecule has 0 aliphatic carbocycles. The molecule has 0 bridgehead atoms. The Morgan fingerprint density at radius 1 is 1.13 bits per heavy atom. The second kappa shape index (κ2) is 9.88. The molecular formula is C21H17Cl2N3O4S. The van der Waals surface area contributed by atoms with E-state index in [4.69, 9.17) is 32.9 Å². The van der Waals surface area contributed by atoms with E-state index in [0.29, 0.717) is 5.76 Å². The Labute approximate surface area is 189 Å². The van der Waals surface area contributed by atoms with Crippen LogP contribution in [0.25, 0.3) is 0 Å². The Bertz CT molecular complexity index is 1220. The van der Waals surface area contributed by atoms with Crippen LogP contribution in [0.2, 0.25) is 10.0 Å². The Morgan fingerprint density at radius 3 is 2.65 bits per heavy atom. The zero-order valence-electron chi connectivity index (χ0n) is 16.1. The summed E-state index contributed by atoms with van der Waals surface area (Å²) in [6.45, 7) is 0.381. The average molecular weight is 478 g/mol. The lowest BCUT2D eigenvalue weighted by molar-refractivity contribution is 0.0735. The monoisotopic (exact) mass is 477 g/mol. The van der Waals surface area contributed by atoms with Crippen molar-refractivity contribution in [2.45, 2.75) is 17.9 Å². The third-order valence-electron chi connectivity index (χ3n) is 4.25. The first kappa shape index (κ1) is 22.7. The standard InChI is InChI=1S/C21H17Cl2N3O4S/c22-16-7-8-19(23)20(13-16)31(28,29)25-17-5-1-4-15(12-17)21(27)26(10-3-9-24)14-18-6-2-11-30-18/h1-2,4-8,11-13,25H,3,10,14H2. The van der Waals surface area contributed by atoms with E-state index >= 15 is 0 Å². The van der Waals surface area contributed by atoms with Crippen molar-refractivity contribution in [2.75, 3.05) is 11.3 Å². The molecule has 1 N–H and O–H groups in total. The molecule has 0 saturated heterocycles. The predicted octanol–water partition coefficient (Wildman–Crippen LogP) is 4.94. The number of sulfonamides is 1. The average Bonchev–Trinajstić information content (AvgIpc) is 3.25. The summed E-state index contributed by atoms with van der Waals surface area (Å²) in [5, 5.41) is 9.15. The van der Waals surface area contributed by atoms with Crippen molar-refractivity contribution in [3.05, 3.63) is 82.2 Å². The van der Waals surface area contributed by atoms with Gasteiger partial charge in [-0.3, -0.25) is 9.52 Å². The zero-order chi connectivity index (χ0) is 22.4. The minimum atomic E-state index is -4.03. The third-order valence-corrected chi connectivity index (χ3v) is 6.35. The fraction of sp³-hybridized carbons (Fsp3) is 0.143. The molecule has 10 heteroatoms. The number of benzene rings is 2. The van der Waals surface area contributed by atoms with E-state index < -0.39 is 10.0 Å². The van der Waals surface area contributed by atoms with Gasteiger partial charge in [-0.15, -0.1) is 0 Å². The van der Waals surface area contributed by atoms with Gasteiger partial charge >= 0.3 is 0 Å². The first-order valence-electron chi connectivity index (χ1n) is 9.07. The van der Waals surface area contributed by atoms with Gasteiger partial charge in [0, 0.05) is 22.8 Å². The van der Waals surface area contributed by atoms with Crippen molar-refractivity contribution in [3.8, 4) is 6.07 Å². The molecule has 7 nitrogen and oxygen atoms in total. The summed E-state index contributed by atoms with van der Waals surface area (Å²) >= 11 is 11.9. The summed E-state index contributed by atoms with van der Waals surface area (Å²) in [5.41, 5.74) is 0.432. The van der Waals surface area contributed by atoms with E-state index in [9.17, 15) is 13.2 Å². The number of amides is 1. The van der Waals surface area contributed by atoms with Crippen LogP contribution in [0, 0.1) is 11.3 Å². The lowest BCUT2D eigenvalue weighted by Gasteiger charge is -2.21. The lowest BCUT2D eigenvalue weighted by atomic mass is 10.1. The Morgan fingerprint density at radius 2 is 1.94 bits per heavy atom. The highest BCUT2D eigenvalue weighted by atomic mass is 35.5. The fourth-order valence-corrected chi connectivity index (χ4v) is 4.63. The van der Waals surface area contributed by atoms with Crippen molar-refractivity contribution >= 4 is 44.8 Å². The number of nitriles is 1.